The van der Waals surface area contributed by atoms with E-state index in [2.05, 4.69) is 0 Å². The van der Waals surface area contributed by atoms with Crippen LogP contribution in [0.2, 0.25) is 0 Å². The molecule has 1 saturated heterocycles. The number of hydrogen-bond acceptors (Lipinski definition) is 4. The Labute approximate surface area is 146 Å². The number of carboxylic acids is 1. The smallest absolute Gasteiger partial charge is 0.326 e. The molecular formula is C18H22N2O5. The molecule has 1 aromatic rings. The molecule has 0 spiro atoms. The first-order chi connectivity index (χ1) is 12.0. The van der Waals surface area contributed by atoms with Gasteiger partial charge in [-0.1, -0.05) is 19.1 Å². The van der Waals surface area contributed by atoms with Crippen molar-refractivity contribution < 1.29 is 24.2 Å². The molecule has 2 atom stereocenters. The van der Waals surface area contributed by atoms with E-state index in [1.165, 1.54) is 4.90 Å². The Kier molecular flexibility index (Phi) is 4.92. The van der Waals surface area contributed by atoms with E-state index in [4.69, 9.17) is 4.74 Å². The van der Waals surface area contributed by atoms with Crippen LogP contribution in [0, 0.1) is 0 Å². The molecule has 1 fully saturated rings. The summed E-state index contributed by atoms with van der Waals surface area (Å²) in [6, 6.07) is 6.51. The predicted octanol–water partition coefficient (Wildman–Crippen LogP) is 1.66. The molecule has 25 heavy (non-hydrogen) atoms. The fourth-order valence-electron chi connectivity index (χ4n) is 3.44. The van der Waals surface area contributed by atoms with Crippen molar-refractivity contribution in [1.82, 2.24) is 4.90 Å². The first kappa shape index (κ1) is 17.3. The molecule has 1 N–H and O–H groups in total. The van der Waals surface area contributed by atoms with E-state index in [0.717, 1.165) is 0 Å². The van der Waals surface area contributed by atoms with Gasteiger partial charge >= 0.3 is 5.97 Å². The molecule has 0 radical (unpaired) electrons. The number of nitrogens with zero attached hydrogens (tertiary/aromatic N) is 2. The largest absolute Gasteiger partial charge is 0.480 e. The molecule has 2 aliphatic heterocycles. The number of amides is 2. The molecule has 2 heterocycles. The van der Waals surface area contributed by atoms with Crippen molar-refractivity contribution in [3.63, 3.8) is 0 Å². The summed E-state index contributed by atoms with van der Waals surface area (Å²) >= 11 is 0. The lowest BCUT2D eigenvalue weighted by Crippen LogP contribution is -2.47. The van der Waals surface area contributed by atoms with Crippen molar-refractivity contribution >= 4 is 23.5 Å². The van der Waals surface area contributed by atoms with Crippen molar-refractivity contribution in [3.8, 4) is 5.75 Å². The molecule has 0 aliphatic carbocycles. The number of fused-ring (bicyclic) bond motifs is 1. The molecule has 2 aliphatic rings. The third-order valence-electron chi connectivity index (χ3n) is 4.75. The van der Waals surface area contributed by atoms with Crippen LogP contribution in [0.3, 0.4) is 0 Å². The molecule has 2 amide bonds. The standard InChI is InChI=1S/C18H22N2O5/c1-2-14-17(22)20(12-6-3-4-8-15(12)25-14)11-9-16(21)19-10-5-7-13(19)18(23)24/h3-4,6,8,13-14H,2,5,7,9-11H2,1H3,(H,23,24). The first-order valence-corrected chi connectivity index (χ1v) is 8.62. The van der Waals surface area contributed by atoms with Crippen LogP contribution in [0.5, 0.6) is 5.75 Å². The molecular weight excluding hydrogens is 324 g/mol. The van der Waals surface area contributed by atoms with E-state index >= 15 is 0 Å². The minimum absolute atomic E-state index is 0.0975. The third kappa shape index (κ3) is 3.31. The van der Waals surface area contributed by atoms with Gasteiger partial charge in [0.1, 0.15) is 11.8 Å². The number of aliphatic carboxylic acids is 1. The maximum atomic E-state index is 12.6. The first-order valence-electron chi connectivity index (χ1n) is 8.62. The fourth-order valence-corrected chi connectivity index (χ4v) is 3.44. The Morgan fingerprint density at radius 3 is 2.80 bits per heavy atom. The minimum Gasteiger partial charge on any atom is -0.480 e. The summed E-state index contributed by atoms with van der Waals surface area (Å²) in [6.45, 7) is 2.56. The van der Waals surface area contributed by atoms with Crippen LogP contribution in [-0.4, -0.2) is 53.0 Å². The van der Waals surface area contributed by atoms with Gasteiger partial charge in [0.15, 0.2) is 6.10 Å². The number of carbonyl (C=O) groups excluding carboxylic acids is 2. The lowest BCUT2D eigenvalue weighted by Gasteiger charge is -2.34. The number of benzene rings is 1. The zero-order valence-corrected chi connectivity index (χ0v) is 14.2. The van der Waals surface area contributed by atoms with Gasteiger partial charge in [-0.15, -0.1) is 0 Å². The van der Waals surface area contributed by atoms with Gasteiger partial charge in [0.2, 0.25) is 5.91 Å². The highest BCUT2D eigenvalue weighted by molar-refractivity contribution is 6.00. The third-order valence-corrected chi connectivity index (χ3v) is 4.75. The molecule has 0 saturated carbocycles. The quantitative estimate of drug-likeness (QED) is 0.876. The van der Waals surface area contributed by atoms with Crippen LogP contribution in [0.25, 0.3) is 0 Å². The molecule has 2 unspecified atom stereocenters. The van der Waals surface area contributed by atoms with Gasteiger partial charge in [-0.25, -0.2) is 4.79 Å². The van der Waals surface area contributed by atoms with Crippen LogP contribution < -0.4 is 9.64 Å². The monoisotopic (exact) mass is 346 g/mol. The van der Waals surface area contributed by atoms with Crippen molar-refractivity contribution in [2.24, 2.45) is 0 Å². The van der Waals surface area contributed by atoms with Gasteiger partial charge in [-0.2, -0.15) is 0 Å². The summed E-state index contributed by atoms with van der Waals surface area (Å²) in [7, 11) is 0. The Balaban J connectivity index is 1.72. The highest BCUT2D eigenvalue weighted by atomic mass is 16.5. The van der Waals surface area contributed by atoms with Crippen molar-refractivity contribution in [1.29, 1.82) is 0 Å². The summed E-state index contributed by atoms with van der Waals surface area (Å²) < 4.78 is 5.71. The minimum atomic E-state index is -0.968. The molecule has 7 heteroatoms. The highest BCUT2D eigenvalue weighted by Crippen LogP contribution is 2.34. The molecule has 3 rings (SSSR count). The van der Waals surface area contributed by atoms with Gasteiger partial charge in [-0.3, -0.25) is 9.59 Å². The summed E-state index contributed by atoms with van der Waals surface area (Å²) in [5, 5.41) is 9.21. The Bertz CT molecular complexity index is 690. The van der Waals surface area contributed by atoms with E-state index in [0.29, 0.717) is 37.2 Å². The number of ether oxygens (including phenoxy) is 1. The number of carboxylic acid groups (broad SMARTS) is 1. The van der Waals surface area contributed by atoms with E-state index in [9.17, 15) is 19.5 Å². The van der Waals surface area contributed by atoms with Crippen LogP contribution in [0.4, 0.5) is 5.69 Å². The van der Waals surface area contributed by atoms with Gasteiger partial charge < -0.3 is 19.6 Å². The molecule has 1 aromatic carbocycles. The lowest BCUT2D eigenvalue weighted by atomic mass is 10.1. The average Bonchev–Trinajstić information content (AvgIpc) is 3.10. The topological polar surface area (TPSA) is 87.2 Å². The number of carbonyl (C=O) groups is 3. The number of para-hydroxylation sites is 2. The maximum Gasteiger partial charge on any atom is 0.326 e. The maximum absolute atomic E-state index is 12.6. The summed E-state index contributed by atoms with van der Waals surface area (Å²) in [4.78, 5) is 39.3. The summed E-state index contributed by atoms with van der Waals surface area (Å²) in [5.74, 6) is -0.726. The number of anilines is 1. The second kappa shape index (κ2) is 7.13. The summed E-state index contributed by atoms with van der Waals surface area (Å²) in [5.41, 5.74) is 0.654. The van der Waals surface area contributed by atoms with Gasteiger partial charge in [0.05, 0.1) is 5.69 Å². The predicted molar refractivity (Wildman–Crippen MR) is 90.5 cm³/mol. The molecule has 134 valence electrons. The molecule has 0 aromatic heterocycles. The van der Waals surface area contributed by atoms with Crippen LogP contribution in [0.1, 0.15) is 32.6 Å². The molecule has 7 nitrogen and oxygen atoms in total. The Morgan fingerprint density at radius 2 is 2.08 bits per heavy atom. The van der Waals surface area contributed by atoms with E-state index < -0.39 is 18.1 Å². The number of hydrogen-bond donors (Lipinski definition) is 1. The van der Waals surface area contributed by atoms with Crippen molar-refractivity contribution in [3.05, 3.63) is 24.3 Å². The SMILES string of the molecule is CCC1Oc2ccccc2N(CCC(=O)N2CCCC2C(=O)O)C1=O. The van der Waals surface area contributed by atoms with Crippen LogP contribution in [-0.2, 0) is 14.4 Å². The zero-order chi connectivity index (χ0) is 18.0. The number of rotatable bonds is 5. The fraction of sp³-hybridized carbons (Fsp3) is 0.500. The van der Waals surface area contributed by atoms with Crippen LogP contribution >= 0.6 is 0 Å². The summed E-state index contributed by atoms with van der Waals surface area (Å²) in [6.07, 6.45) is 1.27. The normalized spacial score (nSPS) is 22.5. The van der Waals surface area contributed by atoms with Gasteiger partial charge in [0.25, 0.3) is 5.91 Å². The highest BCUT2D eigenvalue weighted by Gasteiger charge is 2.36. The van der Waals surface area contributed by atoms with E-state index in [-0.39, 0.29) is 24.8 Å². The van der Waals surface area contributed by atoms with Gasteiger partial charge in [0, 0.05) is 19.5 Å². The van der Waals surface area contributed by atoms with Crippen molar-refractivity contribution in [2.45, 2.75) is 44.8 Å². The zero-order valence-electron chi connectivity index (χ0n) is 14.2. The average molecular weight is 346 g/mol. The Morgan fingerprint density at radius 1 is 1.32 bits per heavy atom. The van der Waals surface area contributed by atoms with E-state index in [1.807, 2.05) is 19.1 Å². The second-order valence-electron chi connectivity index (χ2n) is 6.31. The molecule has 0 bridgehead atoms. The van der Waals surface area contributed by atoms with Crippen molar-refractivity contribution in [2.75, 3.05) is 18.0 Å². The van der Waals surface area contributed by atoms with Gasteiger partial charge in [-0.05, 0) is 31.4 Å². The number of likely N-dealkylation sites (tertiary alicyclic amines) is 1. The van der Waals surface area contributed by atoms with Crippen LogP contribution in [0.15, 0.2) is 24.3 Å². The second-order valence-corrected chi connectivity index (χ2v) is 6.31. The lowest BCUT2D eigenvalue weighted by molar-refractivity contribution is -0.148. The Hall–Kier alpha value is -2.57. The van der Waals surface area contributed by atoms with E-state index in [1.54, 1.807) is 17.0 Å².